The molecule has 180 valence electrons. The maximum absolute atomic E-state index is 14.3. The topological polar surface area (TPSA) is 35.5 Å². The number of hydrogen-bond donors (Lipinski definition) is 0. The average molecular weight is 700 g/mol. The molecule has 1 spiro atoms. The molecule has 5 rings (SSSR count). The van der Waals surface area contributed by atoms with Crippen LogP contribution in [-0.4, -0.2) is 24.8 Å². The maximum atomic E-state index is 14.3. The highest BCUT2D eigenvalue weighted by Crippen LogP contribution is 2.64. The van der Waals surface area contributed by atoms with Crippen molar-refractivity contribution < 1.29 is 14.3 Å². The summed E-state index contributed by atoms with van der Waals surface area (Å²) in [5.41, 5.74) is 2.28. The lowest BCUT2D eigenvalue weighted by Gasteiger charge is -2.60. The van der Waals surface area contributed by atoms with Crippen LogP contribution < -0.4 is 0 Å². The minimum absolute atomic E-state index is 0.172. The maximum Gasteiger partial charge on any atom is 0.174 e. The van der Waals surface area contributed by atoms with Crippen LogP contribution in [-0.2, 0) is 20.7 Å². The number of hydrogen-bond acceptors (Lipinski definition) is 3. The van der Waals surface area contributed by atoms with Crippen LogP contribution in [0, 0.1) is 20.3 Å². The van der Waals surface area contributed by atoms with Crippen LogP contribution in [0.15, 0.2) is 57.0 Å². The first-order chi connectivity index (χ1) is 16.2. The Bertz CT molecular complexity index is 1120. The molecule has 0 aromatic heterocycles. The monoisotopic (exact) mass is 698 g/mol. The van der Waals surface area contributed by atoms with E-state index in [1.165, 1.54) is 3.57 Å². The van der Waals surface area contributed by atoms with E-state index in [2.05, 4.69) is 111 Å². The lowest BCUT2D eigenvalue weighted by Crippen LogP contribution is -2.63. The van der Waals surface area contributed by atoms with Gasteiger partial charge in [-0.25, -0.2) is 0 Å². The van der Waals surface area contributed by atoms with Gasteiger partial charge in [-0.3, -0.25) is 4.79 Å². The lowest BCUT2D eigenvalue weighted by molar-refractivity contribution is -0.282. The molecule has 2 aliphatic carbocycles. The zero-order valence-corrected chi connectivity index (χ0v) is 24.8. The number of halogens is 3. The molecular formula is C28H29Br2IO3. The Morgan fingerprint density at radius 3 is 2.35 bits per heavy atom. The standard InChI is InChI=1S/C28H29Br2IO3/c1-26(16-19-13-21(29)15-22(30)14-19)24-4-3-9-28(33-10-11-34-28)27(24,2)17-20(25(26)32)12-18-5-7-23(31)8-6-18/h5-8,12-15,24H,3-4,9-11,16-17H2,1-2H3/b20-12+. The van der Waals surface area contributed by atoms with Crippen molar-refractivity contribution >= 4 is 66.3 Å². The van der Waals surface area contributed by atoms with Crippen molar-refractivity contribution in [2.75, 3.05) is 13.2 Å². The van der Waals surface area contributed by atoms with Gasteiger partial charge in [0.1, 0.15) is 0 Å². The van der Waals surface area contributed by atoms with E-state index in [9.17, 15) is 4.79 Å². The van der Waals surface area contributed by atoms with E-state index < -0.39 is 11.2 Å². The van der Waals surface area contributed by atoms with E-state index in [-0.39, 0.29) is 17.1 Å². The molecule has 3 nitrogen and oxygen atoms in total. The molecule has 2 aromatic carbocycles. The summed E-state index contributed by atoms with van der Waals surface area (Å²) in [6, 6.07) is 14.7. The van der Waals surface area contributed by atoms with Gasteiger partial charge in [0.25, 0.3) is 0 Å². The second-order valence-corrected chi connectivity index (χ2v) is 13.5. The number of fused-ring (bicyclic) bond motifs is 2. The summed E-state index contributed by atoms with van der Waals surface area (Å²) in [7, 11) is 0. The number of allylic oxidation sites excluding steroid dienone is 1. The molecule has 6 heteroatoms. The minimum atomic E-state index is -0.610. The molecular weight excluding hydrogens is 671 g/mol. The van der Waals surface area contributed by atoms with Crippen LogP contribution in [0.25, 0.3) is 6.08 Å². The van der Waals surface area contributed by atoms with Crippen LogP contribution in [0.1, 0.15) is 50.7 Å². The summed E-state index contributed by atoms with van der Waals surface area (Å²) >= 11 is 9.58. The first-order valence-corrected chi connectivity index (χ1v) is 14.6. The summed E-state index contributed by atoms with van der Waals surface area (Å²) in [5, 5.41) is 0. The molecule has 1 heterocycles. The van der Waals surface area contributed by atoms with E-state index >= 15 is 0 Å². The van der Waals surface area contributed by atoms with Gasteiger partial charge in [0.05, 0.1) is 13.2 Å². The van der Waals surface area contributed by atoms with E-state index in [1.54, 1.807) is 0 Å². The molecule has 3 atom stereocenters. The Morgan fingerprint density at radius 1 is 1.06 bits per heavy atom. The van der Waals surface area contributed by atoms with Crippen molar-refractivity contribution in [3.8, 4) is 0 Å². The molecule has 34 heavy (non-hydrogen) atoms. The van der Waals surface area contributed by atoms with Gasteiger partial charge < -0.3 is 9.47 Å². The average Bonchev–Trinajstić information content (AvgIpc) is 3.25. The second-order valence-electron chi connectivity index (χ2n) is 10.4. The third kappa shape index (κ3) is 4.29. The summed E-state index contributed by atoms with van der Waals surface area (Å²) in [6.45, 7) is 5.75. The van der Waals surface area contributed by atoms with Crippen molar-refractivity contribution in [1.82, 2.24) is 0 Å². The highest BCUT2D eigenvalue weighted by Gasteiger charge is 2.66. The lowest BCUT2D eigenvalue weighted by atomic mass is 9.46. The van der Waals surface area contributed by atoms with Gasteiger partial charge in [0.2, 0.25) is 0 Å². The zero-order chi connectivity index (χ0) is 24.1. The van der Waals surface area contributed by atoms with Gasteiger partial charge in [-0.1, -0.05) is 57.8 Å². The third-order valence-electron chi connectivity index (χ3n) is 8.23. The molecule has 3 aliphatic rings. The van der Waals surface area contributed by atoms with E-state index in [1.807, 2.05) is 6.07 Å². The number of benzene rings is 2. The summed E-state index contributed by atoms with van der Waals surface area (Å²) in [4.78, 5) is 14.3. The molecule has 3 unspecified atom stereocenters. The molecule has 1 saturated heterocycles. The van der Waals surface area contributed by atoms with Crippen molar-refractivity contribution in [3.05, 3.63) is 71.7 Å². The summed E-state index contributed by atoms with van der Waals surface area (Å²) in [6.07, 6.45) is 6.39. The van der Waals surface area contributed by atoms with Crippen molar-refractivity contribution in [2.24, 2.45) is 16.7 Å². The number of ketones is 1. The first-order valence-electron chi connectivity index (χ1n) is 11.9. The normalized spacial score (nSPS) is 31.7. The van der Waals surface area contributed by atoms with Crippen LogP contribution in [0.2, 0.25) is 0 Å². The third-order valence-corrected chi connectivity index (χ3v) is 9.87. The summed E-state index contributed by atoms with van der Waals surface area (Å²) in [5.74, 6) is -0.174. The molecule has 2 saturated carbocycles. The SMILES string of the molecule is CC1(Cc2cc(Br)cc(Br)c2)C(=O)/C(=C/c2ccc(I)cc2)CC2(C)C1CCCC21OCCO1. The Kier molecular flexibility index (Phi) is 6.95. The van der Waals surface area contributed by atoms with Crippen LogP contribution in [0.4, 0.5) is 0 Å². The molecule has 0 radical (unpaired) electrons. The quantitative estimate of drug-likeness (QED) is 0.241. The predicted octanol–water partition coefficient (Wildman–Crippen LogP) is 7.97. The molecule has 0 bridgehead atoms. The number of ether oxygens (including phenoxy) is 2. The highest BCUT2D eigenvalue weighted by atomic mass is 127. The van der Waals surface area contributed by atoms with Crippen LogP contribution in [0.5, 0.6) is 0 Å². The number of carbonyl (C=O) groups excluding carboxylic acids is 1. The molecule has 1 aliphatic heterocycles. The number of Topliss-reactive ketones (excluding diaryl/α,β-unsaturated/α-hetero) is 1. The molecule has 3 fully saturated rings. The Hall–Kier alpha value is -0.540. The van der Waals surface area contributed by atoms with Crippen molar-refractivity contribution in [3.63, 3.8) is 0 Å². The van der Waals surface area contributed by atoms with Crippen LogP contribution >= 0.6 is 54.5 Å². The van der Waals surface area contributed by atoms with Gasteiger partial charge in [-0.15, -0.1) is 0 Å². The van der Waals surface area contributed by atoms with Gasteiger partial charge in [-0.2, -0.15) is 0 Å². The number of rotatable bonds is 3. The van der Waals surface area contributed by atoms with Gasteiger partial charge >= 0.3 is 0 Å². The van der Waals surface area contributed by atoms with Gasteiger partial charge in [-0.05, 0) is 107 Å². The Balaban J connectivity index is 1.63. The largest absolute Gasteiger partial charge is 0.347 e. The zero-order valence-electron chi connectivity index (χ0n) is 19.5. The van der Waals surface area contributed by atoms with Gasteiger partial charge in [0, 0.05) is 29.8 Å². The fourth-order valence-electron chi connectivity index (χ4n) is 6.84. The Morgan fingerprint density at radius 2 is 1.71 bits per heavy atom. The summed E-state index contributed by atoms with van der Waals surface area (Å²) < 4.78 is 16.0. The Labute approximate surface area is 232 Å². The minimum Gasteiger partial charge on any atom is -0.347 e. The first kappa shape index (κ1) is 25.1. The van der Waals surface area contributed by atoms with Crippen molar-refractivity contribution in [2.45, 2.75) is 51.7 Å². The predicted molar refractivity (Wildman–Crippen MR) is 150 cm³/mol. The number of carbonyl (C=O) groups is 1. The molecule has 0 amide bonds. The molecule has 2 aromatic rings. The second kappa shape index (κ2) is 9.40. The van der Waals surface area contributed by atoms with Crippen molar-refractivity contribution in [1.29, 1.82) is 0 Å². The fourth-order valence-corrected chi connectivity index (χ4v) is 8.58. The van der Waals surface area contributed by atoms with Gasteiger partial charge in [0.15, 0.2) is 11.6 Å². The van der Waals surface area contributed by atoms with E-state index in [0.29, 0.717) is 26.1 Å². The smallest absolute Gasteiger partial charge is 0.174 e. The van der Waals surface area contributed by atoms with E-state index in [4.69, 9.17) is 9.47 Å². The van der Waals surface area contributed by atoms with E-state index in [0.717, 1.165) is 44.9 Å². The van der Waals surface area contributed by atoms with Crippen LogP contribution in [0.3, 0.4) is 0 Å². The molecule has 0 N–H and O–H groups in total. The fraction of sp³-hybridized carbons (Fsp3) is 0.464. The highest BCUT2D eigenvalue weighted by molar-refractivity contribution is 14.1.